The largest absolute Gasteiger partial charge is 0.481 e. The van der Waals surface area contributed by atoms with Crippen LogP contribution in [0, 0.1) is 5.92 Å². The summed E-state index contributed by atoms with van der Waals surface area (Å²) in [4.78, 5) is 24.8. The van der Waals surface area contributed by atoms with Crippen molar-refractivity contribution in [3.05, 3.63) is 35.4 Å². The smallest absolute Gasteiger partial charge is 0.308 e. The Kier molecular flexibility index (Phi) is 3.92. The zero-order valence-corrected chi connectivity index (χ0v) is 11.8. The van der Waals surface area contributed by atoms with Crippen LogP contribution in [0.3, 0.4) is 0 Å². The predicted molar refractivity (Wildman–Crippen MR) is 75.8 cm³/mol. The maximum Gasteiger partial charge on any atom is 0.308 e. The molecule has 1 amide bonds. The van der Waals surface area contributed by atoms with Gasteiger partial charge in [-0.1, -0.05) is 24.3 Å². The van der Waals surface area contributed by atoms with E-state index in [2.05, 4.69) is 6.07 Å². The summed E-state index contributed by atoms with van der Waals surface area (Å²) in [6, 6.07) is 8.09. The molecule has 0 bridgehead atoms. The van der Waals surface area contributed by atoms with Crippen LogP contribution in [0.25, 0.3) is 0 Å². The summed E-state index contributed by atoms with van der Waals surface area (Å²) in [6.45, 7) is 1.38. The minimum absolute atomic E-state index is 0.0270. The summed E-state index contributed by atoms with van der Waals surface area (Å²) >= 11 is 0. The second kappa shape index (κ2) is 5.85. The molecule has 1 fully saturated rings. The van der Waals surface area contributed by atoms with Gasteiger partial charge in [-0.05, 0) is 24.0 Å². The normalized spacial score (nSPS) is 25.5. The molecule has 0 aromatic heterocycles. The van der Waals surface area contributed by atoms with Crippen molar-refractivity contribution in [3.8, 4) is 0 Å². The van der Waals surface area contributed by atoms with Gasteiger partial charge in [0, 0.05) is 13.0 Å². The lowest BCUT2D eigenvalue weighted by Gasteiger charge is -2.35. The number of likely N-dealkylation sites (tertiary alicyclic amines) is 1. The summed E-state index contributed by atoms with van der Waals surface area (Å²) in [6.07, 6.45) is 1.49. The lowest BCUT2D eigenvalue weighted by molar-refractivity contribution is -0.148. The number of carboxylic acids is 1. The molecule has 3 rings (SSSR count). The van der Waals surface area contributed by atoms with Crippen LogP contribution in [0.5, 0.6) is 0 Å². The number of carbonyl (C=O) groups excluding carboxylic acids is 1. The SMILES string of the molecule is O=C(O)C1CCC(=O)N(CC2OCCc3ccccc32)C1. The van der Waals surface area contributed by atoms with E-state index in [-0.39, 0.29) is 18.6 Å². The van der Waals surface area contributed by atoms with E-state index in [4.69, 9.17) is 9.84 Å². The molecule has 2 unspecified atom stereocenters. The third kappa shape index (κ3) is 2.93. The number of hydrogen-bond donors (Lipinski definition) is 1. The van der Waals surface area contributed by atoms with Crippen LogP contribution in [0.15, 0.2) is 24.3 Å². The van der Waals surface area contributed by atoms with Gasteiger partial charge in [0.25, 0.3) is 0 Å². The number of piperidine rings is 1. The molecular weight excluding hydrogens is 270 g/mol. The lowest BCUT2D eigenvalue weighted by Crippen LogP contribution is -2.45. The van der Waals surface area contributed by atoms with Crippen molar-refractivity contribution in [1.82, 2.24) is 4.90 Å². The molecule has 1 aromatic carbocycles. The van der Waals surface area contributed by atoms with Gasteiger partial charge in [-0.25, -0.2) is 0 Å². The number of rotatable bonds is 3. The molecule has 1 saturated heterocycles. The topological polar surface area (TPSA) is 66.8 Å². The number of benzene rings is 1. The summed E-state index contributed by atoms with van der Waals surface area (Å²) in [7, 11) is 0. The van der Waals surface area contributed by atoms with Crippen LogP contribution < -0.4 is 0 Å². The fourth-order valence-electron chi connectivity index (χ4n) is 3.12. The molecule has 112 valence electrons. The molecule has 21 heavy (non-hydrogen) atoms. The third-order valence-electron chi connectivity index (χ3n) is 4.33. The highest BCUT2D eigenvalue weighted by atomic mass is 16.5. The summed E-state index contributed by atoms with van der Waals surface area (Å²) in [5, 5.41) is 9.14. The van der Waals surface area contributed by atoms with Crippen LogP contribution in [0.1, 0.15) is 30.1 Å². The molecule has 1 aromatic rings. The fraction of sp³-hybridized carbons (Fsp3) is 0.500. The van der Waals surface area contributed by atoms with Crippen molar-refractivity contribution in [2.24, 2.45) is 5.92 Å². The van der Waals surface area contributed by atoms with E-state index < -0.39 is 11.9 Å². The Morgan fingerprint density at radius 3 is 2.95 bits per heavy atom. The van der Waals surface area contributed by atoms with E-state index in [1.165, 1.54) is 5.56 Å². The second-order valence-corrected chi connectivity index (χ2v) is 5.68. The minimum Gasteiger partial charge on any atom is -0.481 e. The van der Waals surface area contributed by atoms with Crippen molar-refractivity contribution in [2.45, 2.75) is 25.4 Å². The molecule has 2 aliphatic rings. The highest BCUT2D eigenvalue weighted by molar-refractivity contribution is 5.80. The zero-order chi connectivity index (χ0) is 14.8. The number of nitrogens with zero attached hydrogens (tertiary/aromatic N) is 1. The van der Waals surface area contributed by atoms with Crippen LogP contribution in [0.2, 0.25) is 0 Å². The summed E-state index contributed by atoms with van der Waals surface area (Å²) < 4.78 is 5.81. The minimum atomic E-state index is -0.822. The van der Waals surface area contributed by atoms with E-state index in [0.717, 1.165) is 12.0 Å². The van der Waals surface area contributed by atoms with Crippen LogP contribution >= 0.6 is 0 Å². The average molecular weight is 289 g/mol. The Morgan fingerprint density at radius 2 is 2.14 bits per heavy atom. The Balaban J connectivity index is 1.74. The maximum absolute atomic E-state index is 12.0. The van der Waals surface area contributed by atoms with E-state index >= 15 is 0 Å². The van der Waals surface area contributed by atoms with Gasteiger partial charge in [-0.3, -0.25) is 9.59 Å². The van der Waals surface area contributed by atoms with Crippen molar-refractivity contribution in [3.63, 3.8) is 0 Å². The molecule has 0 radical (unpaired) electrons. The number of amides is 1. The Labute approximate surface area is 123 Å². The number of carbonyl (C=O) groups is 2. The van der Waals surface area contributed by atoms with Crippen molar-refractivity contribution in [1.29, 1.82) is 0 Å². The highest BCUT2D eigenvalue weighted by Crippen LogP contribution is 2.29. The average Bonchev–Trinajstić information content (AvgIpc) is 2.49. The first-order valence-corrected chi connectivity index (χ1v) is 7.35. The molecule has 0 saturated carbocycles. The molecule has 0 spiro atoms. The maximum atomic E-state index is 12.0. The first-order chi connectivity index (χ1) is 10.1. The van der Waals surface area contributed by atoms with E-state index in [9.17, 15) is 9.59 Å². The molecule has 0 aliphatic carbocycles. The van der Waals surface area contributed by atoms with Gasteiger partial charge < -0.3 is 14.7 Å². The van der Waals surface area contributed by atoms with Crippen molar-refractivity contribution in [2.75, 3.05) is 19.7 Å². The number of fused-ring (bicyclic) bond motifs is 1. The van der Waals surface area contributed by atoms with Gasteiger partial charge in [0.05, 0.1) is 19.1 Å². The van der Waals surface area contributed by atoms with Crippen LogP contribution in [-0.2, 0) is 20.7 Å². The second-order valence-electron chi connectivity index (χ2n) is 5.68. The van der Waals surface area contributed by atoms with E-state index in [1.54, 1.807) is 4.90 Å². The third-order valence-corrected chi connectivity index (χ3v) is 4.33. The van der Waals surface area contributed by atoms with Crippen LogP contribution in [-0.4, -0.2) is 41.6 Å². The number of ether oxygens (including phenoxy) is 1. The molecule has 2 atom stereocenters. The number of carboxylic acid groups (broad SMARTS) is 1. The molecular formula is C16H19NO4. The fourth-order valence-corrected chi connectivity index (χ4v) is 3.12. The van der Waals surface area contributed by atoms with Crippen LogP contribution in [0.4, 0.5) is 0 Å². The standard InChI is InChI=1S/C16H19NO4/c18-15-6-5-12(16(19)20)9-17(15)10-14-13-4-2-1-3-11(13)7-8-21-14/h1-4,12,14H,5-10H2,(H,19,20). The predicted octanol–water partition coefficient (Wildman–Crippen LogP) is 1.62. The summed E-state index contributed by atoms with van der Waals surface area (Å²) in [5.74, 6) is -1.25. The Hall–Kier alpha value is -1.88. The molecule has 5 heteroatoms. The van der Waals surface area contributed by atoms with Gasteiger partial charge >= 0.3 is 5.97 Å². The van der Waals surface area contributed by atoms with Crippen molar-refractivity contribution < 1.29 is 19.4 Å². The van der Waals surface area contributed by atoms with Crippen molar-refractivity contribution >= 4 is 11.9 Å². The van der Waals surface area contributed by atoms with Gasteiger partial charge in [-0.2, -0.15) is 0 Å². The van der Waals surface area contributed by atoms with E-state index in [0.29, 0.717) is 26.0 Å². The molecule has 1 N–H and O–H groups in total. The highest BCUT2D eigenvalue weighted by Gasteiger charge is 2.32. The lowest BCUT2D eigenvalue weighted by atomic mass is 9.94. The molecule has 5 nitrogen and oxygen atoms in total. The monoisotopic (exact) mass is 289 g/mol. The number of hydrogen-bond acceptors (Lipinski definition) is 3. The molecule has 2 aliphatic heterocycles. The Bertz CT molecular complexity index is 557. The molecule has 2 heterocycles. The van der Waals surface area contributed by atoms with Gasteiger partial charge in [0.15, 0.2) is 0 Å². The first kappa shape index (κ1) is 14.1. The quantitative estimate of drug-likeness (QED) is 0.918. The Morgan fingerprint density at radius 1 is 1.33 bits per heavy atom. The number of aliphatic carboxylic acids is 1. The van der Waals surface area contributed by atoms with E-state index in [1.807, 2.05) is 18.2 Å². The van der Waals surface area contributed by atoms with Gasteiger partial charge in [0.1, 0.15) is 6.10 Å². The van der Waals surface area contributed by atoms with Gasteiger partial charge in [0.2, 0.25) is 5.91 Å². The zero-order valence-electron chi connectivity index (χ0n) is 11.8. The van der Waals surface area contributed by atoms with Gasteiger partial charge in [-0.15, -0.1) is 0 Å². The summed E-state index contributed by atoms with van der Waals surface area (Å²) in [5.41, 5.74) is 2.38. The first-order valence-electron chi connectivity index (χ1n) is 7.35.